The first kappa shape index (κ1) is 20.4. The standard InChI is InChI=1S/C20H22N4S.HI/c1-14(2)16-9-6-10-17(11-16)24-20(21)22-12-18-13-25-19(23-18)15-7-4-3-5-8-15;/h3-11,13-14H,12H2,1-2H3,(H3,21,22,24);1H. The lowest BCUT2D eigenvalue weighted by Crippen LogP contribution is -2.22. The highest BCUT2D eigenvalue weighted by Gasteiger charge is 2.05. The highest BCUT2D eigenvalue weighted by atomic mass is 127. The summed E-state index contributed by atoms with van der Waals surface area (Å²) in [7, 11) is 0. The summed E-state index contributed by atoms with van der Waals surface area (Å²) in [4.78, 5) is 9.02. The van der Waals surface area contributed by atoms with Crippen LogP contribution in [-0.2, 0) is 6.54 Å². The molecule has 2 aromatic carbocycles. The first-order valence-electron chi connectivity index (χ1n) is 8.28. The van der Waals surface area contributed by atoms with E-state index < -0.39 is 0 Å². The minimum atomic E-state index is 0. The molecule has 0 aliphatic rings. The van der Waals surface area contributed by atoms with Crippen LogP contribution in [0.1, 0.15) is 31.0 Å². The largest absolute Gasteiger partial charge is 0.370 e. The maximum atomic E-state index is 6.01. The number of guanidine groups is 1. The molecule has 3 rings (SSSR count). The second kappa shape index (κ2) is 9.68. The molecule has 0 aliphatic heterocycles. The van der Waals surface area contributed by atoms with Crippen LogP contribution in [0.4, 0.5) is 5.69 Å². The first-order chi connectivity index (χ1) is 12.1. The van der Waals surface area contributed by atoms with Gasteiger partial charge < -0.3 is 11.1 Å². The summed E-state index contributed by atoms with van der Waals surface area (Å²) in [5.41, 5.74) is 10.3. The molecule has 0 spiro atoms. The molecule has 0 atom stereocenters. The predicted molar refractivity (Wildman–Crippen MR) is 122 cm³/mol. The van der Waals surface area contributed by atoms with Gasteiger partial charge in [0, 0.05) is 16.6 Å². The Morgan fingerprint density at radius 2 is 1.92 bits per heavy atom. The van der Waals surface area contributed by atoms with Gasteiger partial charge in [0.1, 0.15) is 5.01 Å². The lowest BCUT2D eigenvalue weighted by Gasteiger charge is -2.09. The molecule has 3 aromatic rings. The summed E-state index contributed by atoms with van der Waals surface area (Å²) in [6.07, 6.45) is 0. The average molecular weight is 478 g/mol. The Morgan fingerprint density at radius 3 is 2.65 bits per heavy atom. The summed E-state index contributed by atoms with van der Waals surface area (Å²) in [5, 5.41) is 6.18. The van der Waals surface area contributed by atoms with E-state index in [9.17, 15) is 0 Å². The van der Waals surface area contributed by atoms with Gasteiger partial charge in [0.05, 0.1) is 12.2 Å². The lowest BCUT2D eigenvalue weighted by molar-refractivity contribution is 0.867. The number of thiazole rings is 1. The van der Waals surface area contributed by atoms with Gasteiger partial charge in [0.2, 0.25) is 0 Å². The Bertz CT molecular complexity index is 859. The van der Waals surface area contributed by atoms with Crippen LogP contribution in [0.3, 0.4) is 0 Å². The molecule has 6 heteroatoms. The van der Waals surface area contributed by atoms with Crippen LogP contribution in [0.2, 0.25) is 0 Å². The van der Waals surface area contributed by atoms with E-state index in [0.29, 0.717) is 18.4 Å². The van der Waals surface area contributed by atoms with E-state index in [2.05, 4.69) is 53.4 Å². The van der Waals surface area contributed by atoms with Crippen molar-refractivity contribution in [2.45, 2.75) is 26.3 Å². The van der Waals surface area contributed by atoms with Crippen molar-refractivity contribution in [2.75, 3.05) is 5.32 Å². The molecule has 0 amide bonds. The van der Waals surface area contributed by atoms with Crippen molar-refractivity contribution in [3.8, 4) is 10.6 Å². The van der Waals surface area contributed by atoms with E-state index in [1.54, 1.807) is 11.3 Å². The summed E-state index contributed by atoms with van der Waals surface area (Å²) >= 11 is 1.62. The average Bonchev–Trinajstić information content (AvgIpc) is 3.10. The molecule has 1 aromatic heterocycles. The third-order valence-corrected chi connectivity index (χ3v) is 4.75. The normalized spacial score (nSPS) is 11.3. The molecule has 0 saturated heterocycles. The van der Waals surface area contributed by atoms with E-state index >= 15 is 0 Å². The molecular formula is C20H23IN4S. The van der Waals surface area contributed by atoms with Crippen molar-refractivity contribution in [3.05, 3.63) is 71.2 Å². The molecule has 0 fully saturated rings. The smallest absolute Gasteiger partial charge is 0.193 e. The van der Waals surface area contributed by atoms with Crippen LogP contribution in [0.5, 0.6) is 0 Å². The fourth-order valence-electron chi connectivity index (χ4n) is 2.42. The number of rotatable bonds is 5. The van der Waals surface area contributed by atoms with E-state index in [0.717, 1.165) is 22.0 Å². The minimum Gasteiger partial charge on any atom is -0.370 e. The molecule has 0 bridgehead atoms. The Kier molecular flexibility index (Phi) is 7.59. The SMILES string of the molecule is CC(C)c1cccc(NC(N)=NCc2csc(-c3ccccc3)n2)c1.I. The van der Waals surface area contributed by atoms with Gasteiger partial charge in [-0.25, -0.2) is 9.98 Å². The molecule has 0 radical (unpaired) electrons. The number of hydrogen-bond donors (Lipinski definition) is 2. The first-order valence-corrected chi connectivity index (χ1v) is 9.16. The van der Waals surface area contributed by atoms with E-state index in [1.807, 2.05) is 35.7 Å². The number of aliphatic imine (C=N–C) groups is 1. The molecule has 0 aliphatic carbocycles. The number of nitrogens with one attached hydrogen (secondary N) is 1. The third-order valence-electron chi connectivity index (χ3n) is 3.81. The van der Waals surface area contributed by atoms with Crippen molar-refractivity contribution < 1.29 is 0 Å². The van der Waals surface area contributed by atoms with Crippen LogP contribution < -0.4 is 11.1 Å². The van der Waals surface area contributed by atoms with Gasteiger partial charge in [-0.3, -0.25) is 0 Å². The molecule has 0 unspecified atom stereocenters. The zero-order valence-electron chi connectivity index (χ0n) is 14.8. The van der Waals surface area contributed by atoms with Crippen LogP contribution >= 0.6 is 35.3 Å². The Balaban J connectivity index is 0.00000243. The van der Waals surface area contributed by atoms with Crippen molar-refractivity contribution in [2.24, 2.45) is 10.7 Å². The molecule has 3 N–H and O–H groups in total. The van der Waals surface area contributed by atoms with Crippen molar-refractivity contribution in [1.82, 2.24) is 4.98 Å². The van der Waals surface area contributed by atoms with Crippen molar-refractivity contribution >= 4 is 47.0 Å². The Morgan fingerprint density at radius 1 is 1.15 bits per heavy atom. The number of hydrogen-bond acceptors (Lipinski definition) is 3. The summed E-state index contributed by atoms with van der Waals surface area (Å²) in [5.74, 6) is 0.876. The maximum absolute atomic E-state index is 6.01. The fourth-order valence-corrected chi connectivity index (χ4v) is 3.24. The Hall–Kier alpha value is -1.93. The number of aromatic nitrogens is 1. The van der Waals surface area contributed by atoms with Crippen LogP contribution in [0, 0.1) is 0 Å². The number of anilines is 1. The minimum absolute atomic E-state index is 0. The van der Waals surface area contributed by atoms with Crippen LogP contribution in [0.15, 0.2) is 65.0 Å². The lowest BCUT2D eigenvalue weighted by atomic mass is 10.0. The molecule has 136 valence electrons. The zero-order chi connectivity index (χ0) is 17.6. The van der Waals surface area contributed by atoms with Crippen molar-refractivity contribution in [1.29, 1.82) is 0 Å². The summed E-state index contributed by atoms with van der Waals surface area (Å²) in [6.45, 7) is 4.80. The van der Waals surface area contributed by atoms with Gasteiger partial charge >= 0.3 is 0 Å². The second-order valence-corrected chi connectivity index (χ2v) is 6.97. The molecule has 0 saturated carbocycles. The predicted octanol–water partition coefficient (Wildman–Crippen LogP) is 5.48. The number of halogens is 1. The molecule has 26 heavy (non-hydrogen) atoms. The molecule has 4 nitrogen and oxygen atoms in total. The van der Waals surface area contributed by atoms with Gasteiger partial charge in [-0.05, 0) is 23.6 Å². The zero-order valence-corrected chi connectivity index (χ0v) is 18.0. The number of nitrogens with two attached hydrogens (primary N) is 1. The summed E-state index contributed by atoms with van der Waals surface area (Å²) in [6, 6.07) is 18.4. The van der Waals surface area contributed by atoms with Gasteiger partial charge in [-0.1, -0.05) is 56.3 Å². The van der Waals surface area contributed by atoms with Gasteiger partial charge in [0.25, 0.3) is 0 Å². The maximum Gasteiger partial charge on any atom is 0.193 e. The van der Waals surface area contributed by atoms with E-state index in [4.69, 9.17) is 5.73 Å². The summed E-state index contributed by atoms with van der Waals surface area (Å²) < 4.78 is 0. The number of benzene rings is 2. The Labute approximate surface area is 175 Å². The van der Waals surface area contributed by atoms with Crippen LogP contribution in [0.25, 0.3) is 10.6 Å². The van der Waals surface area contributed by atoms with Gasteiger partial charge in [0.15, 0.2) is 5.96 Å². The fraction of sp³-hybridized carbons (Fsp3) is 0.200. The topological polar surface area (TPSA) is 63.3 Å². The monoisotopic (exact) mass is 478 g/mol. The molecule has 1 heterocycles. The number of nitrogens with zero attached hydrogens (tertiary/aromatic N) is 2. The third kappa shape index (κ3) is 5.54. The van der Waals surface area contributed by atoms with Crippen molar-refractivity contribution in [3.63, 3.8) is 0 Å². The van der Waals surface area contributed by atoms with Gasteiger partial charge in [-0.2, -0.15) is 0 Å². The highest BCUT2D eigenvalue weighted by molar-refractivity contribution is 14.0. The second-order valence-electron chi connectivity index (χ2n) is 6.12. The molecular weight excluding hydrogens is 455 g/mol. The van der Waals surface area contributed by atoms with Gasteiger partial charge in [-0.15, -0.1) is 35.3 Å². The quantitative estimate of drug-likeness (QED) is 0.290. The van der Waals surface area contributed by atoms with E-state index in [-0.39, 0.29) is 24.0 Å². The van der Waals surface area contributed by atoms with Crippen LogP contribution in [-0.4, -0.2) is 10.9 Å². The van der Waals surface area contributed by atoms with E-state index in [1.165, 1.54) is 5.56 Å². The highest BCUT2D eigenvalue weighted by Crippen LogP contribution is 2.23.